The minimum Gasteiger partial charge on any atom is -0.480 e. The summed E-state index contributed by atoms with van der Waals surface area (Å²) in [4.78, 5) is 80.3. The van der Waals surface area contributed by atoms with Crippen molar-refractivity contribution < 1.29 is 51.8 Å². The van der Waals surface area contributed by atoms with Crippen LogP contribution in [0, 0.1) is 0 Å². The molecular formula is C30H36N4O11S2. The average molecular weight is 693 g/mol. The molecule has 4 aliphatic rings. The maximum atomic E-state index is 14.1. The molecule has 4 aliphatic heterocycles. The molecule has 5 rings (SSSR count). The van der Waals surface area contributed by atoms with Gasteiger partial charge in [0.25, 0.3) is 5.91 Å². The SMILES string of the molecule is COC(=O)C=C(C)NC(C(=O)N[C@]1(COC(=O)[C@@H]2N3C(=O)C[C@H]3S(=O)(=O)C2(C)C)C(=O)N2[C@@H](C(=O)O)C(C)(C)S[C@@H]21)c1ccccc1. The van der Waals surface area contributed by atoms with Crippen molar-refractivity contribution in [2.45, 2.75) is 84.9 Å². The number of ether oxygens (including phenoxy) is 2. The van der Waals surface area contributed by atoms with E-state index in [1.165, 1.54) is 27.9 Å². The van der Waals surface area contributed by atoms with E-state index in [1.54, 1.807) is 44.2 Å². The van der Waals surface area contributed by atoms with Gasteiger partial charge in [-0.25, -0.2) is 22.8 Å². The van der Waals surface area contributed by atoms with Crippen LogP contribution in [-0.2, 0) is 48.1 Å². The van der Waals surface area contributed by atoms with E-state index < -0.39 is 96.0 Å². The lowest BCUT2D eigenvalue weighted by Crippen LogP contribution is -2.81. The van der Waals surface area contributed by atoms with Gasteiger partial charge in [0.2, 0.25) is 11.8 Å². The second kappa shape index (κ2) is 11.5. The van der Waals surface area contributed by atoms with Crippen LogP contribution >= 0.6 is 11.8 Å². The molecule has 0 radical (unpaired) electrons. The van der Waals surface area contributed by atoms with Gasteiger partial charge in [0.05, 0.1) is 18.3 Å². The van der Waals surface area contributed by atoms with Crippen molar-refractivity contribution in [2.24, 2.45) is 0 Å². The van der Waals surface area contributed by atoms with E-state index in [0.29, 0.717) is 5.56 Å². The van der Waals surface area contributed by atoms with Gasteiger partial charge in [-0.2, -0.15) is 0 Å². The number of methoxy groups -OCH3 is 1. The van der Waals surface area contributed by atoms with Gasteiger partial charge in [0, 0.05) is 16.5 Å². The Kier molecular flexibility index (Phi) is 8.40. The number of allylic oxidation sites excluding steroid dienone is 1. The van der Waals surface area contributed by atoms with Crippen molar-refractivity contribution >= 4 is 57.2 Å². The number of thioether (sulfide) groups is 1. The first kappa shape index (κ1) is 34.2. The van der Waals surface area contributed by atoms with Gasteiger partial charge >= 0.3 is 17.9 Å². The van der Waals surface area contributed by atoms with Crippen LogP contribution in [0.2, 0.25) is 0 Å². The minimum atomic E-state index is -3.93. The molecule has 0 aliphatic carbocycles. The van der Waals surface area contributed by atoms with Gasteiger partial charge in [0.15, 0.2) is 15.4 Å². The Hall–Kier alpha value is -4.12. The third-order valence-corrected chi connectivity index (χ3v) is 13.6. The van der Waals surface area contributed by atoms with E-state index in [2.05, 4.69) is 15.4 Å². The lowest BCUT2D eigenvalue weighted by molar-refractivity contribution is -0.178. The van der Waals surface area contributed by atoms with Gasteiger partial charge in [-0.05, 0) is 40.2 Å². The second-order valence-corrected chi connectivity index (χ2v) is 17.4. The fraction of sp³-hybridized carbons (Fsp3) is 0.533. The van der Waals surface area contributed by atoms with Crippen LogP contribution in [0.25, 0.3) is 0 Å². The summed E-state index contributed by atoms with van der Waals surface area (Å²) in [6.45, 7) is 6.67. The highest BCUT2D eigenvalue weighted by molar-refractivity contribution is 8.01. The molecule has 0 saturated carbocycles. The maximum absolute atomic E-state index is 14.1. The number of hydrogen-bond acceptors (Lipinski definition) is 12. The van der Waals surface area contributed by atoms with Crippen molar-refractivity contribution in [3.63, 3.8) is 0 Å². The zero-order chi connectivity index (χ0) is 34.9. The highest BCUT2D eigenvalue weighted by Gasteiger charge is 2.73. The van der Waals surface area contributed by atoms with Crippen molar-refractivity contribution in [2.75, 3.05) is 13.7 Å². The molecular weight excluding hydrogens is 656 g/mol. The van der Waals surface area contributed by atoms with Crippen LogP contribution in [0.15, 0.2) is 42.1 Å². The number of amides is 3. The van der Waals surface area contributed by atoms with E-state index in [-0.39, 0.29) is 12.1 Å². The lowest BCUT2D eigenvalue weighted by atomic mass is 9.84. The number of sulfone groups is 1. The molecule has 1 unspecified atom stereocenters. The highest BCUT2D eigenvalue weighted by atomic mass is 32.2. The quantitative estimate of drug-likeness (QED) is 0.169. The number of carbonyl (C=O) groups is 6. The van der Waals surface area contributed by atoms with E-state index in [1.807, 2.05) is 0 Å². The lowest BCUT2D eigenvalue weighted by Gasteiger charge is -2.53. The van der Waals surface area contributed by atoms with Crippen LogP contribution in [0.1, 0.15) is 52.6 Å². The van der Waals surface area contributed by atoms with Crippen LogP contribution in [-0.4, -0.2) is 111 Å². The number of carboxylic acids is 1. The summed E-state index contributed by atoms with van der Waals surface area (Å²) in [5.74, 6) is -5.15. The molecule has 4 heterocycles. The summed E-state index contributed by atoms with van der Waals surface area (Å²) in [5.41, 5.74) is -1.27. The normalized spacial score (nSPS) is 30.2. The van der Waals surface area contributed by atoms with Crippen LogP contribution < -0.4 is 10.6 Å². The first-order chi connectivity index (χ1) is 21.8. The Bertz CT molecular complexity index is 1690. The predicted octanol–water partition coefficient (Wildman–Crippen LogP) is 0.0732. The number of carbonyl (C=O) groups excluding carboxylic acids is 5. The van der Waals surface area contributed by atoms with Crippen LogP contribution in [0.3, 0.4) is 0 Å². The van der Waals surface area contributed by atoms with Crippen molar-refractivity contribution in [1.29, 1.82) is 0 Å². The molecule has 0 bridgehead atoms. The Morgan fingerprint density at radius 3 is 2.30 bits per heavy atom. The Labute approximate surface area is 275 Å². The van der Waals surface area contributed by atoms with Gasteiger partial charge in [0.1, 0.15) is 35.5 Å². The molecule has 15 nitrogen and oxygen atoms in total. The van der Waals surface area contributed by atoms with Gasteiger partial charge in [-0.1, -0.05) is 30.3 Å². The number of esters is 2. The molecule has 47 heavy (non-hydrogen) atoms. The first-order valence-corrected chi connectivity index (χ1v) is 17.1. The monoisotopic (exact) mass is 692 g/mol. The number of nitrogens with one attached hydrogen (secondary N) is 2. The number of β-lactam (4-membered cyclic amide) rings is 2. The third-order valence-electron chi connectivity index (χ3n) is 9.17. The fourth-order valence-electron chi connectivity index (χ4n) is 6.63. The summed E-state index contributed by atoms with van der Waals surface area (Å²) in [5, 5.41) is 13.5. The molecule has 3 amide bonds. The third kappa shape index (κ3) is 5.23. The summed E-state index contributed by atoms with van der Waals surface area (Å²) < 4.78 is 33.8. The molecule has 0 aromatic heterocycles. The number of nitrogens with zero attached hydrogens (tertiary/aromatic N) is 2. The van der Waals surface area contributed by atoms with E-state index in [9.17, 15) is 42.3 Å². The highest BCUT2D eigenvalue weighted by Crippen LogP contribution is 2.55. The molecule has 1 aromatic rings. The molecule has 6 atom stereocenters. The summed E-state index contributed by atoms with van der Waals surface area (Å²) in [7, 11) is -2.74. The summed E-state index contributed by atoms with van der Waals surface area (Å²) in [6.07, 6.45) is 0.872. The summed E-state index contributed by atoms with van der Waals surface area (Å²) >= 11 is 1.10. The summed E-state index contributed by atoms with van der Waals surface area (Å²) in [6, 6.07) is 4.42. The molecule has 4 saturated heterocycles. The van der Waals surface area contributed by atoms with Crippen LogP contribution in [0.5, 0.6) is 0 Å². The van der Waals surface area contributed by atoms with Gasteiger partial charge in [-0.15, -0.1) is 11.8 Å². The number of fused-ring (bicyclic) bond motifs is 2. The maximum Gasteiger partial charge on any atom is 0.332 e. The standard InChI is InChI=1S/C30H36N4O11S2/c1-15(12-19(36)44-6)31-20(16-10-8-7-9-11-16)23(37)32-30(26(41)34-21(24(38)39)28(2,3)46-27(30)34)14-45-25(40)22-29(4,5)47(42,43)18-13-17(35)33(18)22/h7-12,18,20-22,27,31H,13-14H2,1-6H3,(H,32,37)(H,38,39)/t18-,20?,21+,22+,27-,30-/m1/s1. The number of rotatable bonds is 10. The smallest absolute Gasteiger partial charge is 0.332 e. The number of carboxylic acid groups (broad SMARTS) is 1. The average Bonchev–Trinajstić information content (AvgIpc) is 3.33. The first-order valence-electron chi connectivity index (χ1n) is 14.7. The number of benzene rings is 1. The number of hydrogen-bond donors (Lipinski definition) is 3. The molecule has 254 valence electrons. The Morgan fingerprint density at radius 1 is 1.09 bits per heavy atom. The van der Waals surface area contributed by atoms with E-state index in [0.717, 1.165) is 27.6 Å². The molecule has 0 spiro atoms. The van der Waals surface area contributed by atoms with E-state index in [4.69, 9.17) is 4.74 Å². The Morgan fingerprint density at radius 2 is 1.72 bits per heavy atom. The van der Waals surface area contributed by atoms with E-state index >= 15 is 0 Å². The van der Waals surface area contributed by atoms with Crippen molar-refractivity contribution in [3.05, 3.63) is 47.7 Å². The number of aliphatic carboxylic acids is 1. The topological polar surface area (TPSA) is 206 Å². The molecule has 3 N–H and O–H groups in total. The Balaban J connectivity index is 1.49. The van der Waals surface area contributed by atoms with Gasteiger partial charge < -0.3 is 35.0 Å². The molecule has 4 fully saturated rings. The molecule has 1 aromatic carbocycles. The fourth-order valence-corrected chi connectivity index (χ4v) is 10.4. The predicted molar refractivity (Wildman–Crippen MR) is 166 cm³/mol. The van der Waals surface area contributed by atoms with Gasteiger partial charge in [-0.3, -0.25) is 14.4 Å². The van der Waals surface area contributed by atoms with Crippen molar-refractivity contribution in [1.82, 2.24) is 20.4 Å². The second-order valence-electron chi connectivity index (χ2n) is 12.9. The molecule has 17 heteroatoms. The zero-order valence-corrected chi connectivity index (χ0v) is 28.1. The zero-order valence-electron chi connectivity index (χ0n) is 26.5. The largest absolute Gasteiger partial charge is 0.480 e. The minimum absolute atomic E-state index is 0.253. The van der Waals surface area contributed by atoms with Crippen LogP contribution in [0.4, 0.5) is 0 Å². The van der Waals surface area contributed by atoms with Crippen molar-refractivity contribution in [3.8, 4) is 0 Å².